The number of hydrogen-bond acceptors (Lipinski definition) is 5. The highest BCUT2D eigenvalue weighted by Crippen LogP contribution is 2.40. The second-order valence-corrected chi connectivity index (χ2v) is 9.38. The monoisotopic (exact) mass is 533 g/mol. The molecule has 174 valence electrons. The number of imide groups is 1. The lowest BCUT2D eigenvalue weighted by molar-refractivity contribution is -0.113. The van der Waals surface area contributed by atoms with Gasteiger partial charge in [0.1, 0.15) is 6.61 Å². The number of nitrogens with zero attached hydrogens (tertiary/aromatic N) is 1. The molecule has 0 atom stereocenters. The third kappa shape index (κ3) is 5.36. The fourth-order valence-electron chi connectivity index (χ4n) is 3.27. The fraction of sp³-hybridized carbons (Fsp3) is 0.120. The van der Waals surface area contributed by atoms with Gasteiger partial charge in [0.2, 0.25) is 0 Å². The second kappa shape index (κ2) is 10.7. The number of thioether (sulfide) groups is 1. The number of hydrogen-bond donors (Lipinski definition) is 0. The number of amides is 2. The van der Waals surface area contributed by atoms with Crippen LogP contribution in [0.3, 0.4) is 0 Å². The Labute approximate surface area is 216 Å². The lowest BCUT2D eigenvalue weighted by atomic mass is 10.1. The van der Waals surface area contributed by atoms with Crippen molar-refractivity contribution in [3.05, 3.63) is 91.8 Å². The van der Waals surface area contributed by atoms with Gasteiger partial charge < -0.3 is 9.47 Å². The topological polar surface area (TPSA) is 55.8 Å². The Bertz CT molecular complexity index is 1280. The SMILES string of the molecule is CCOc1cc(/C=C2/SC(=O)N(c3ccc(Cl)cc3)C2=O)cc(Cl)c1OCc1ccccc1Cl. The minimum Gasteiger partial charge on any atom is -0.490 e. The summed E-state index contributed by atoms with van der Waals surface area (Å²) in [5, 5.41) is 1.02. The van der Waals surface area contributed by atoms with Gasteiger partial charge in [0.05, 0.1) is 22.2 Å². The lowest BCUT2D eigenvalue weighted by Crippen LogP contribution is -2.27. The Hall–Kier alpha value is -2.64. The van der Waals surface area contributed by atoms with E-state index in [-0.39, 0.29) is 11.5 Å². The molecule has 1 heterocycles. The van der Waals surface area contributed by atoms with Gasteiger partial charge in [-0.05, 0) is 72.8 Å². The van der Waals surface area contributed by atoms with E-state index in [4.69, 9.17) is 44.3 Å². The summed E-state index contributed by atoms with van der Waals surface area (Å²) in [5.41, 5.74) is 1.86. The highest BCUT2D eigenvalue weighted by Gasteiger charge is 2.36. The molecule has 1 saturated heterocycles. The highest BCUT2D eigenvalue weighted by atomic mass is 35.5. The maximum Gasteiger partial charge on any atom is 0.298 e. The summed E-state index contributed by atoms with van der Waals surface area (Å²) in [6, 6.07) is 17.2. The molecule has 0 N–H and O–H groups in total. The Kier molecular flexibility index (Phi) is 7.73. The molecule has 0 aliphatic carbocycles. The van der Waals surface area contributed by atoms with Crippen LogP contribution < -0.4 is 14.4 Å². The van der Waals surface area contributed by atoms with Gasteiger partial charge in [0.15, 0.2) is 11.5 Å². The molecule has 0 bridgehead atoms. The van der Waals surface area contributed by atoms with Crippen LogP contribution in [0.2, 0.25) is 15.1 Å². The van der Waals surface area contributed by atoms with E-state index in [1.54, 1.807) is 48.5 Å². The molecular weight excluding hydrogens is 517 g/mol. The summed E-state index contributed by atoms with van der Waals surface area (Å²) in [6.07, 6.45) is 1.60. The van der Waals surface area contributed by atoms with Crippen molar-refractivity contribution in [2.75, 3.05) is 11.5 Å². The number of carbonyl (C=O) groups excluding carboxylic acids is 2. The van der Waals surface area contributed by atoms with Gasteiger partial charge in [-0.3, -0.25) is 9.59 Å². The molecule has 3 aromatic carbocycles. The van der Waals surface area contributed by atoms with Crippen molar-refractivity contribution < 1.29 is 19.1 Å². The van der Waals surface area contributed by atoms with Crippen LogP contribution in [0.25, 0.3) is 6.08 Å². The first kappa shape index (κ1) is 24.5. The Balaban J connectivity index is 1.60. The Morgan fingerprint density at radius 2 is 1.68 bits per heavy atom. The predicted octanol–water partition coefficient (Wildman–Crippen LogP) is 7.87. The molecule has 1 fully saturated rings. The second-order valence-electron chi connectivity index (χ2n) is 7.14. The quantitative estimate of drug-likeness (QED) is 0.289. The number of anilines is 1. The minimum absolute atomic E-state index is 0.207. The normalized spacial score (nSPS) is 14.7. The van der Waals surface area contributed by atoms with Gasteiger partial charge in [0, 0.05) is 15.6 Å². The minimum atomic E-state index is -0.426. The molecular formula is C25H18Cl3NO4S. The van der Waals surface area contributed by atoms with Gasteiger partial charge in [-0.2, -0.15) is 0 Å². The number of ether oxygens (including phenoxy) is 2. The third-order valence-electron chi connectivity index (χ3n) is 4.84. The van der Waals surface area contributed by atoms with E-state index in [0.29, 0.717) is 44.4 Å². The number of benzene rings is 3. The van der Waals surface area contributed by atoms with E-state index in [2.05, 4.69) is 0 Å². The standard InChI is InChI=1S/C25H18Cl3NO4S/c1-2-32-21-12-15(11-20(28)23(21)33-14-16-5-3-4-6-19(16)27)13-22-24(30)29(25(31)34-22)18-9-7-17(26)8-10-18/h3-13H,2,14H2,1H3/b22-13+. The molecule has 0 radical (unpaired) electrons. The molecule has 9 heteroatoms. The van der Waals surface area contributed by atoms with E-state index in [0.717, 1.165) is 22.2 Å². The molecule has 0 unspecified atom stereocenters. The van der Waals surface area contributed by atoms with Gasteiger partial charge in [-0.15, -0.1) is 0 Å². The molecule has 2 amide bonds. The first-order valence-electron chi connectivity index (χ1n) is 10.2. The smallest absolute Gasteiger partial charge is 0.298 e. The van der Waals surface area contributed by atoms with E-state index in [1.165, 1.54) is 0 Å². The number of rotatable bonds is 7. The van der Waals surface area contributed by atoms with Gasteiger partial charge >= 0.3 is 0 Å². The summed E-state index contributed by atoms with van der Waals surface area (Å²) < 4.78 is 11.7. The van der Waals surface area contributed by atoms with E-state index < -0.39 is 11.1 Å². The van der Waals surface area contributed by atoms with Crippen LogP contribution >= 0.6 is 46.6 Å². The van der Waals surface area contributed by atoms with Gasteiger partial charge in [-0.25, -0.2) is 4.90 Å². The largest absolute Gasteiger partial charge is 0.490 e. The molecule has 4 rings (SSSR count). The zero-order valence-electron chi connectivity index (χ0n) is 17.9. The van der Waals surface area contributed by atoms with Crippen molar-refractivity contribution in [3.8, 4) is 11.5 Å². The van der Waals surface area contributed by atoms with Crippen molar-refractivity contribution in [1.29, 1.82) is 0 Å². The summed E-state index contributed by atoms with van der Waals surface area (Å²) in [5.74, 6) is 0.366. The van der Waals surface area contributed by atoms with Crippen molar-refractivity contribution in [1.82, 2.24) is 0 Å². The fourth-order valence-corrected chi connectivity index (χ4v) is 4.70. The number of halogens is 3. The zero-order valence-corrected chi connectivity index (χ0v) is 21.0. The Morgan fingerprint density at radius 3 is 2.38 bits per heavy atom. The zero-order chi connectivity index (χ0) is 24.2. The van der Waals surface area contributed by atoms with Crippen LogP contribution in [0.5, 0.6) is 11.5 Å². The van der Waals surface area contributed by atoms with Crippen LogP contribution in [-0.2, 0) is 11.4 Å². The van der Waals surface area contributed by atoms with Crippen LogP contribution in [-0.4, -0.2) is 17.8 Å². The van der Waals surface area contributed by atoms with Crippen molar-refractivity contribution in [2.24, 2.45) is 0 Å². The summed E-state index contributed by atoms with van der Waals surface area (Å²) in [6.45, 7) is 2.43. The van der Waals surface area contributed by atoms with Crippen LogP contribution in [0.1, 0.15) is 18.1 Å². The van der Waals surface area contributed by atoms with Crippen LogP contribution in [0.15, 0.2) is 65.6 Å². The summed E-state index contributed by atoms with van der Waals surface area (Å²) in [4.78, 5) is 26.8. The van der Waals surface area contributed by atoms with E-state index >= 15 is 0 Å². The molecule has 3 aromatic rings. The van der Waals surface area contributed by atoms with Crippen LogP contribution in [0, 0.1) is 0 Å². The molecule has 1 aliphatic rings. The van der Waals surface area contributed by atoms with E-state index in [9.17, 15) is 9.59 Å². The molecule has 5 nitrogen and oxygen atoms in total. The van der Waals surface area contributed by atoms with Gasteiger partial charge in [-0.1, -0.05) is 53.0 Å². The van der Waals surface area contributed by atoms with Crippen molar-refractivity contribution in [2.45, 2.75) is 13.5 Å². The van der Waals surface area contributed by atoms with Crippen LogP contribution in [0.4, 0.5) is 10.5 Å². The third-order valence-corrected chi connectivity index (χ3v) is 6.61. The highest BCUT2D eigenvalue weighted by molar-refractivity contribution is 8.19. The summed E-state index contributed by atoms with van der Waals surface area (Å²) >= 11 is 19.5. The first-order chi connectivity index (χ1) is 16.4. The predicted molar refractivity (Wildman–Crippen MR) is 138 cm³/mol. The maximum atomic E-state index is 12.9. The van der Waals surface area contributed by atoms with E-state index in [1.807, 2.05) is 25.1 Å². The molecule has 1 aliphatic heterocycles. The summed E-state index contributed by atoms with van der Waals surface area (Å²) in [7, 11) is 0. The molecule has 34 heavy (non-hydrogen) atoms. The van der Waals surface area contributed by atoms with Crippen molar-refractivity contribution >= 4 is 69.5 Å². The van der Waals surface area contributed by atoms with Crippen molar-refractivity contribution in [3.63, 3.8) is 0 Å². The molecule has 0 spiro atoms. The average molecular weight is 535 g/mol. The Morgan fingerprint density at radius 1 is 0.941 bits per heavy atom. The average Bonchev–Trinajstić information content (AvgIpc) is 3.08. The maximum absolute atomic E-state index is 12.9. The number of carbonyl (C=O) groups is 2. The lowest BCUT2D eigenvalue weighted by Gasteiger charge is -2.15. The first-order valence-corrected chi connectivity index (χ1v) is 12.2. The molecule has 0 aromatic heterocycles. The molecule has 0 saturated carbocycles. The van der Waals surface area contributed by atoms with Gasteiger partial charge in [0.25, 0.3) is 11.1 Å².